The van der Waals surface area contributed by atoms with E-state index in [0.29, 0.717) is 137 Å². The van der Waals surface area contributed by atoms with Crippen LogP contribution in [0.5, 0.6) is 34.5 Å². The molecule has 16 nitrogen and oxygen atoms in total. The molecule has 8 bridgehead atoms. The maximum absolute atomic E-state index is 11.9. The number of hydrogen-bond donors (Lipinski definition) is 2. The Morgan fingerprint density at radius 2 is 0.736 bits per heavy atom. The number of hydrogen-bond acceptors (Lipinski definition) is 12. The van der Waals surface area contributed by atoms with Crippen LogP contribution in [0.15, 0.2) is 97.1 Å². The van der Waals surface area contributed by atoms with Crippen LogP contribution >= 0.6 is 0 Å². The SMILES string of the molecule is CCCCOc1c(OC)cc(-c2c3nc(c(-c4ccc([N+](=O)[O-])cc4)c4ccc([nH]4)c(-c4cc(OC)c(OCCCC)c(OC)c4)c4nc(c(-c5ccc([N+](=O)[O-])cc5)c5ccc2[nH]5)C=C4)C=C3)cc1OC. The molecule has 16 heteroatoms. The van der Waals surface area contributed by atoms with Gasteiger partial charge in [-0.15, -0.1) is 0 Å². The smallest absolute Gasteiger partial charge is 0.269 e. The van der Waals surface area contributed by atoms with Crippen molar-refractivity contribution in [3.8, 4) is 79.0 Å². The lowest BCUT2D eigenvalue weighted by Crippen LogP contribution is -2.02. The molecule has 0 unspecified atom stereocenters. The van der Waals surface area contributed by atoms with Crippen LogP contribution in [0.3, 0.4) is 0 Å². The van der Waals surface area contributed by atoms with Gasteiger partial charge < -0.3 is 38.4 Å². The molecule has 7 aromatic rings. The molecule has 0 saturated heterocycles. The first-order valence-corrected chi connectivity index (χ1v) is 23.5. The van der Waals surface area contributed by atoms with E-state index in [1.165, 1.54) is 24.3 Å². The molecule has 2 N–H and O–H groups in total. The van der Waals surface area contributed by atoms with Crippen LogP contribution in [0.2, 0.25) is 0 Å². The third-order valence-corrected chi connectivity index (χ3v) is 12.5. The average molecular weight is 969 g/mol. The number of ether oxygens (including phenoxy) is 6. The molecule has 0 saturated carbocycles. The van der Waals surface area contributed by atoms with Crippen LogP contribution < -0.4 is 28.4 Å². The van der Waals surface area contributed by atoms with Crippen molar-refractivity contribution in [3.63, 3.8) is 0 Å². The van der Waals surface area contributed by atoms with E-state index in [0.717, 1.165) is 25.7 Å². The Labute approximate surface area is 414 Å². The van der Waals surface area contributed by atoms with Crippen molar-refractivity contribution in [2.45, 2.75) is 39.5 Å². The molecule has 0 fully saturated rings. The average Bonchev–Trinajstić information content (AvgIpc) is 4.26. The molecule has 2 aliphatic rings. The first-order valence-electron chi connectivity index (χ1n) is 23.5. The Morgan fingerprint density at radius 3 is 1.00 bits per heavy atom. The molecule has 0 aliphatic carbocycles. The van der Waals surface area contributed by atoms with Gasteiger partial charge in [0.2, 0.25) is 11.5 Å². The Hall–Kier alpha value is -8.92. The van der Waals surface area contributed by atoms with E-state index in [1.807, 2.05) is 72.8 Å². The molecule has 4 aromatic carbocycles. The number of nitro groups is 2. The van der Waals surface area contributed by atoms with Crippen LogP contribution in [0.4, 0.5) is 11.4 Å². The molecule has 0 spiro atoms. The fourth-order valence-electron chi connectivity index (χ4n) is 8.89. The van der Waals surface area contributed by atoms with Gasteiger partial charge in [0.1, 0.15) is 0 Å². The van der Waals surface area contributed by atoms with E-state index in [2.05, 4.69) is 23.8 Å². The third-order valence-electron chi connectivity index (χ3n) is 12.5. The normalized spacial score (nSPS) is 11.6. The lowest BCUT2D eigenvalue weighted by atomic mass is 10.0. The van der Waals surface area contributed by atoms with Crippen molar-refractivity contribution in [2.24, 2.45) is 0 Å². The van der Waals surface area contributed by atoms with E-state index < -0.39 is 9.85 Å². The van der Waals surface area contributed by atoms with Gasteiger partial charge in [0, 0.05) is 68.6 Å². The Kier molecular flexibility index (Phi) is 14.0. The van der Waals surface area contributed by atoms with Crippen LogP contribution in [0, 0.1) is 20.2 Å². The number of nitrogens with one attached hydrogen (secondary N) is 2. The zero-order chi connectivity index (χ0) is 50.5. The summed E-state index contributed by atoms with van der Waals surface area (Å²) in [6.45, 7) is 5.11. The van der Waals surface area contributed by atoms with Gasteiger partial charge in [0.05, 0.1) is 74.3 Å². The molecule has 0 amide bonds. The second-order valence-electron chi connectivity index (χ2n) is 16.9. The quantitative estimate of drug-likeness (QED) is 0.0469. The number of aromatic nitrogens is 4. The topological polar surface area (TPSA) is 199 Å². The summed E-state index contributed by atoms with van der Waals surface area (Å²) in [5, 5.41) is 23.8. The maximum Gasteiger partial charge on any atom is 0.269 e. The van der Waals surface area contributed by atoms with E-state index in [9.17, 15) is 20.2 Å². The molecule has 2 aliphatic heterocycles. The van der Waals surface area contributed by atoms with Gasteiger partial charge in [0.25, 0.3) is 11.4 Å². The van der Waals surface area contributed by atoms with Crippen LogP contribution in [-0.4, -0.2) is 71.4 Å². The number of unbranched alkanes of at least 4 members (excludes halogenated alkanes) is 2. The summed E-state index contributed by atoms with van der Waals surface area (Å²) in [7, 11) is 6.32. The second-order valence-corrected chi connectivity index (χ2v) is 16.9. The van der Waals surface area contributed by atoms with Crippen molar-refractivity contribution in [3.05, 3.63) is 140 Å². The van der Waals surface area contributed by atoms with Crippen LogP contribution in [0.1, 0.15) is 62.3 Å². The summed E-state index contributed by atoms with van der Waals surface area (Å²) < 4.78 is 36.3. The number of benzene rings is 4. The van der Waals surface area contributed by atoms with Crippen molar-refractivity contribution < 1.29 is 38.3 Å². The highest BCUT2D eigenvalue weighted by atomic mass is 16.6. The lowest BCUT2D eigenvalue weighted by molar-refractivity contribution is -0.385. The van der Waals surface area contributed by atoms with Crippen molar-refractivity contribution in [1.29, 1.82) is 0 Å². The number of fused-ring (bicyclic) bond motifs is 8. The Bertz CT molecular complexity index is 3170. The molecular weight excluding hydrogens is 917 g/mol. The van der Waals surface area contributed by atoms with Crippen molar-refractivity contribution >= 4 is 57.7 Å². The van der Waals surface area contributed by atoms with Gasteiger partial charge in [-0.05, 0) is 132 Å². The summed E-state index contributed by atoms with van der Waals surface area (Å²) in [5.74, 6) is 2.79. The number of non-ortho nitro benzene ring substituents is 2. The number of methoxy groups -OCH3 is 4. The predicted octanol–water partition coefficient (Wildman–Crippen LogP) is 13.5. The van der Waals surface area contributed by atoms with Gasteiger partial charge in [-0.3, -0.25) is 20.2 Å². The number of rotatable bonds is 18. The lowest BCUT2D eigenvalue weighted by Gasteiger charge is -2.16. The standard InChI is InChI=1S/C56H52N6O10/c1-7-9-27-71-55-47(67-3)29-35(30-48(55)68-4)53-43-23-19-39(57-43)51(33-11-15-37(16-12-33)61(63)64)41-21-25-45(59-41)54(36-31-49(69-5)56(50(32-36)70-6)72-28-10-8-2)46-26-22-42(60-46)52(40-20-24-44(53)58-40)34-13-17-38(18-14-34)62(65)66/h11-26,29-32,57,60H,7-10,27-28H2,1-6H3. The van der Waals surface area contributed by atoms with E-state index in [1.54, 1.807) is 52.7 Å². The molecule has 3 aromatic heterocycles. The number of aromatic amines is 2. The minimum absolute atomic E-state index is 0.0531. The minimum Gasteiger partial charge on any atom is -0.493 e. The molecule has 72 heavy (non-hydrogen) atoms. The van der Waals surface area contributed by atoms with E-state index in [4.69, 9.17) is 38.4 Å². The molecule has 5 heterocycles. The first-order chi connectivity index (χ1) is 35.1. The summed E-state index contributed by atoms with van der Waals surface area (Å²) in [4.78, 5) is 41.0. The van der Waals surface area contributed by atoms with Crippen molar-refractivity contribution in [2.75, 3.05) is 41.7 Å². The maximum atomic E-state index is 11.9. The van der Waals surface area contributed by atoms with Gasteiger partial charge >= 0.3 is 0 Å². The minimum atomic E-state index is -0.427. The first kappa shape index (κ1) is 48.1. The fraction of sp³-hybridized carbons (Fsp3) is 0.214. The zero-order valence-corrected chi connectivity index (χ0v) is 40.7. The number of H-pyrrole nitrogens is 2. The number of nitrogens with zero attached hydrogens (tertiary/aromatic N) is 4. The summed E-state index contributed by atoms with van der Waals surface area (Å²) in [5.41, 5.74) is 10.3. The molecule has 9 rings (SSSR count). The van der Waals surface area contributed by atoms with Crippen LogP contribution in [0.25, 0.3) is 90.9 Å². The van der Waals surface area contributed by atoms with Gasteiger partial charge in [0.15, 0.2) is 23.0 Å². The summed E-state index contributed by atoms with van der Waals surface area (Å²) in [6.07, 6.45) is 11.2. The third kappa shape index (κ3) is 9.41. The molecular formula is C56H52N6O10. The highest BCUT2D eigenvalue weighted by molar-refractivity contribution is 6.00. The summed E-state index contributed by atoms with van der Waals surface area (Å²) >= 11 is 0. The Morgan fingerprint density at radius 1 is 0.444 bits per heavy atom. The predicted molar refractivity (Wildman–Crippen MR) is 281 cm³/mol. The van der Waals surface area contributed by atoms with Crippen LogP contribution in [-0.2, 0) is 0 Å². The Balaban J connectivity index is 1.43. The molecule has 0 atom stereocenters. The molecule has 0 radical (unpaired) electrons. The van der Waals surface area contributed by atoms with Gasteiger partial charge in [-0.1, -0.05) is 26.7 Å². The monoisotopic (exact) mass is 968 g/mol. The largest absolute Gasteiger partial charge is 0.493 e. The number of nitro benzene ring substituents is 2. The highest BCUT2D eigenvalue weighted by Gasteiger charge is 2.24. The second kappa shape index (κ2) is 21.0. The van der Waals surface area contributed by atoms with E-state index >= 15 is 0 Å². The zero-order valence-electron chi connectivity index (χ0n) is 40.7. The highest BCUT2D eigenvalue weighted by Crippen LogP contribution is 2.46. The molecule has 366 valence electrons. The summed E-state index contributed by atoms with van der Waals surface area (Å²) in [6, 6.07) is 28.1. The van der Waals surface area contributed by atoms with E-state index in [-0.39, 0.29) is 11.4 Å². The van der Waals surface area contributed by atoms with Crippen molar-refractivity contribution in [1.82, 2.24) is 19.9 Å². The van der Waals surface area contributed by atoms with Gasteiger partial charge in [-0.2, -0.15) is 0 Å². The fourth-order valence-corrected chi connectivity index (χ4v) is 8.89. The van der Waals surface area contributed by atoms with Gasteiger partial charge in [-0.25, -0.2) is 9.97 Å².